The van der Waals surface area contributed by atoms with E-state index in [0.717, 1.165) is 43.5 Å². The van der Waals surface area contributed by atoms with E-state index in [-0.39, 0.29) is 59.6 Å². The number of amides is 3. The van der Waals surface area contributed by atoms with Crippen LogP contribution in [0.1, 0.15) is 65.6 Å². The molecule has 2 fully saturated rings. The van der Waals surface area contributed by atoms with Gasteiger partial charge in [-0.3, -0.25) is 29.5 Å². The lowest BCUT2D eigenvalue weighted by Gasteiger charge is -2.34. The second-order valence-electron chi connectivity index (χ2n) is 14.6. The van der Waals surface area contributed by atoms with Gasteiger partial charge in [-0.05, 0) is 68.1 Å². The average Bonchev–Trinajstić information content (AvgIpc) is 3.66. The quantitative estimate of drug-likeness (QED) is 0.197. The van der Waals surface area contributed by atoms with E-state index >= 15 is 8.78 Å². The third kappa shape index (κ3) is 7.14. The summed E-state index contributed by atoms with van der Waals surface area (Å²) in [4.78, 5) is 60.2. The number of nitrogens with zero attached hydrogens (tertiary/aromatic N) is 8. The Bertz CT molecular complexity index is 2340. The van der Waals surface area contributed by atoms with Gasteiger partial charge >= 0.3 is 0 Å². The van der Waals surface area contributed by atoms with Crippen molar-refractivity contribution in [3.05, 3.63) is 94.3 Å². The molecule has 2 N–H and O–H groups in total. The molecule has 3 aliphatic rings. The molecule has 8 rings (SSSR count). The van der Waals surface area contributed by atoms with Crippen molar-refractivity contribution in [1.82, 2.24) is 44.5 Å². The number of rotatable bonds is 9. The summed E-state index contributed by atoms with van der Waals surface area (Å²) in [5.41, 5.74) is 3.31. The number of imide groups is 1. The number of pyridine rings is 1. The number of aryl methyl sites for hydroxylation is 1. The zero-order valence-corrected chi connectivity index (χ0v) is 30.6. The molecule has 6 heterocycles. The number of anilines is 2. The summed E-state index contributed by atoms with van der Waals surface area (Å²) in [7, 11) is 0. The lowest BCUT2D eigenvalue weighted by molar-refractivity contribution is -0.136. The van der Waals surface area contributed by atoms with Crippen molar-refractivity contribution in [1.29, 1.82) is 0 Å². The van der Waals surface area contributed by atoms with Gasteiger partial charge in [-0.2, -0.15) is 0 Å². The van der Waals surface area contributed by atoms with Gasteiger partial charge < -0.3 is 14.8 Å². The van der Waals surface area contributed by atoms with Crippen molar-refractivity contribution < 1.29 is 27.6 Å². The van der Waals surface area contributed by atoms with E-state index < -0.39 is 35.3 Å². The van der Waals surface area contributed by atoms with Gasteiger partial charge in [0.05, 0.1) is 17.3 Å². The number of nitrogens with one attached hydrogen (secondary N) is 2. The van der Waals surface area contributed by atoms with Crippen LogP contribution in [0.4, 0.5) is 24.9 Å². The molecule has 0 spiro atoms. The molecule has 0 radical (unpaired) electrons. The third-order valence-electron chi connectivity index (χ3n) is 10.4. The molecule has 3 amide bonds. The number of carbonyl (C=O) groups excluding carboxylic acids is 3. The monoisotopic (exact) mass is 752 g/mol. The second-order valence-corrected chi connectivity index (χ2v) is 14.6. The minimum atomic E-state index is -0.792. The molecular formula is C39H39F3N10O3. The highest BCUT2D eigenvalue weighted by Crippen LogP contribution is 2.32. The molecule has 0 saturated carbocycles. The predicted octanol–water partition coefficient (Wildman–Crippen LogP) is 5.02. The number of carbonyl (C=O) groups is 3. The van der Waals surface area contributed by atoms with Gasteiger partial charge in [-0.1, -0.05) is 12.1 Å². The first-order valence-electron chi connectivity index (χ1n) is 18.3. The lowest BCUT2D eigenvalue weighted by Crippen LogP contribution is -2.52. The van der Waals surface area contributed by atoms with E-state index in [1.165, 1.54) is 17.0 Å². The SMILES string of the molecule is Cc1nc2c(F)cc(-c3nc(Nc4ccc(CN5CCN(Cc6cc(F)c7c(c6)CN(C6CCC(=O)NC6=O)C7=O)CC5)cn4)ncc3F)cc2n1C(C)C. The van der Waals surface area contributed by atoms with Crippen molar-refractivity contribution in [3.8, 4) is 11.3 Å². The van der Waals surface area contributed by atoms with Crippen LogP contribution in [0.25, 0.3) is 22.3 Å². The first-order valence-corrected chi connectivity index (χ1v) is 18.3. The standard InChI is InChI=1S/C39H39F3N10O3/c1-21(2)52-22(3)45-36-28(41)14-25(15-31(36)52)35-29(42)17-44-39(48-35)46-32-6-4-23(16-43-32)18-49-8-10-50(11-9-49)19-24-12-26-20-51(38(55)34(26)27(40)13-24)30-5-7-33(53)47-37(30)54/h4,6,12-17,21,30H,5,7-11,18-20H2,1-3H3,(H,47,53,54)(H,43,44,46,48). The Kier molecular flexibility index (Phi) is 9.55. The smallest absolute Gasteiger partial charge is 0.258 e. The maximum absolute atomic E-state index is 15.2. The number of halogens is 3. The lowest BCUT2D eigenvalue weighted by atomic mass is 10.0. The summed E-state index contributed by atoms with van der Waals surface area (Å²) >= 11 is 0. The number of hydrogen-bond donors (Lipinski definition) is 2. The highest BCUT2D eigenvalue weighted by atomic mass is 19.1. The van der Waals surface area contributed by atoms with Crippen molar-refractivity contribution in [2.45, 2.75) is 65.3 Å². The van der Waals surface area contributed by atoms with Crippen LogP contribution in [0.3, 0.4) is 0 Å². The molecule has 3 aromatic heterocycles. The zero-order valence-electron chi connectivity index (χ0n) is 30.6. The first kappa shape index (κ1) is 36.2. The van der Waals surface area contributed by atoms with E-state index in [1.807, 2.05) is 37.5 Å². The minimum Gasteiger partial charge on any atom is -0.326 e. The number of piperidine rings is 1. The number of aromatic nitrogens is 5. The van der Waals surface area contributed by atoms with Crippen LogP contribution in [0.2, 0.25) is 0 Å². The fourth-order valence-corrected chi connectivity index (χ4v) is 7.83. The average molecular weight is 753 g/mol. The van der Waals surface area contributed by atoms with E-state index in [4.69, 9.17) is 0 Å². The van der Waals surface area contributed by atoms with E-state index in [2.05, 4.69) is 40.4 Å². The summed E-state index contributed by atoms with van der Waals surface area (Å²) in [6, 6.07) is 9.14. The van der Waals surface area contributed by atoms with Crippen LogP contribution in [0, 0.1) is 24.4 Å². The van der Waals surface area contributed by atoms with Gasteiger partial charge in [0.15, 0.2) is 11.6 Å². The Morgan fingerprint density at radius 3 is 2.31 bits per heavy atom. The maximum Gasteiger partial charge on any atom is 0.258 e. The summed E-state index contributed by atoms with van der Waals surface area (Å²) in [5, 5.41) is 5.29. The molecule has 3 aliphatic heterocycles. The second kappa shape index (κ2) is 14.5. The molecule has 0 bridgehead atoms. The zero-order chi connectivity index (χ0) is 38.5. The van der Waals surface area contributed by atoms with Crippen molar-refractivity contribution in [3.63, 3.8) is 0 Å². The molecule has 0 aliphatic carbocycles. The Labute approximate surface area is 314 Å². The minimum absolute atomic E-state index is 0.00110. The summed E-state index contributed by atoms with van der Waals surface area (Å²) in [6.07, 6.45) is 3.16. The van der Waals surface area contributed by atoms with Crippen LogP contribution >= 0.6 is 0 Å². The molecule has 1 atom stereocenters. The Morgan fingerprint density at radius 2 is 1.62 bits per heavy atom. The number of imidazole rings is 1. The molecular weight excluding hydrogens is 713 g/mol. The van der Waals surface area contributed by atoms with Gasteiger partial charge in [0.1, 0.15) is 34.7 Å². The van der Waals surface area contributed by atoms with Crippen LogP contribution in [0.5, 0.6) is 0 Å². The predicted molar refractivity (Wildman–Crippen MR) is 196 cm³/mol. The van der Waals surface area contributed by atoms with Crippen molar-refractivity contribution in [2.24, 2.45) is 0 Å². The molecule has 2 aromatic carbocycles. The number of hydrogen-bond acceptors (Lipinski definition) is 10. The summed E-state index contributed by atoms with van der Waals surface area (Å²) in [6.45, 7) is 10.2. The van der Waals surface area contributed by atoms with E-state index in [1.54, 1.807) is 18.3 Å². The number of fused-ring (bicyclic) bond motifs is 2. The fraction of sp³-hybridized carbons (Fsp3) is 0.359. The molecule has 1 unspecified atom stereocenters. The van der Waals surface area contributed by atoms with Crippen LogP contribution in [-0.4, -0.2) is 89.1 Å². The number of benzene rings is 2. The van der Waals surface area contributed by atoms with Gasteiger partial charge in [-0.25, -0.2) is 33.1 Å². The molecule has 284 valence electrons. The topological polar surface area (TPSA) is 141 Å². The van der Waals surface area contributed by atoms with Gasteiger partial charge in [0, 0.05) is 70.0 Å². The normalized spacial score (nSPS) is 18.1. The molecule has 55 heavy (non-hydrogen) atoms. The molecule has 16 heteroatoms. The van der Waals surface area contributed by atoms with Crippen LogP contribution < -0.4 is 10.6 Å². The Balaban J connectivity index is 0.864. The highest BCUT2D eigenvalue weighted by Gasteiger charge is 2.40. The fourth-order valence-electron chi connectivity index (χ4n) is 7.83. The van der Waals surface area contributed by atoms with E-state index in [9.17, 15) is 18.8 Å². The van der Waals surface area contributed by atoms with Gasteiger partial charge in [-0.15, -0.1) is 0 Å². The molecule has 13 nitrogen and oxygen atoms in total. The van der Waals surface area contributed by atoms with Crippen LogP contribution in [-0.2, 0) is 29.2 Å². The van der Waals surface area contributed by atoms with Crippen LogP contribution in [0.15, 0.2) is 48.8 Å². The van der Waals surface area contributed by atoms with Crippen molar-refractivity contribution in [2.75, 3.05) is 31.5 Å². The maximum atomic E-state index is 15.2. The summed E-state index contributed by atoms with van der Waals surface area (Å²) in [5.74, 6) is -2.02. The highest BCUT2D eigenvalue weighted by molar-refractivity contribution is 6.05. The third-order valence-corrected chi connectivity index (χ3v) is 10.4. The summed E-state index contributed by atoms with van der Waals surface area (Å²) < 4.78 is 47.2. The molecule has 2 saturated heterocycles. The van der Waals surface area contributed by atoms with E-state index in [0.29, 0.717) is 35.8 Å². The molecule has 5 aromatic rings. The van der Waals surface area contributed by atoms with Gasteiger partial charge in [0.25, 0.3) is 5.91 Å². The first-order chi connectivity index (χ1) is 26.4. The Morgan fingerprint density at radius 1 is 0.873 bits per heavy atom. The van der Waals surface area contributed by atoms with Crippen molar-refractivity contribution >= 4 is 40.5 Å². The number of piperazine rings is 1. The largest absolute Gasteiger partial charge is 0.326 e. The van der Waals surface area contributed by atoms with Gasteiger partial charge in [0.2, 0.25) is 17.8 Å². The Hall–Kier alpha value is -5.74.